The van der Waals surface area contributed by atoms with Gasteiger partial charge < -0.3 is 11.1 Å². The van der Waals surface area contributed by atoms with E-state index in [0.29, 0.717) is 18.1 Å². The quantitative estimate of drug-likeness (QED) is 0.819. The summed E-state index contributed by atoms with van der Waals surface area (Å²) in [6.07, 6.45) is 1.80. The summed E-state index contributed by atoms with van der Waals surface area (Å²) in [5.41, 5.74) is 6.57. The van der Waals surface area contributed by atoms with Crippen LogP contribution in [0.1, 0.15) is 25.3 Å². The summed E-state index contributed by atoms with van der Waals surface area (Å²) < 4.78 is 0. The molecule has 0 aliphatic heterocycles. The van der Waals surface area contributed by atoms with Gasteiger partial charge in [-0.05, 0) is 24.1 Å². The number of nitrogens with one attached hydrogen (secondary N) is 1. The molecule has 0 fully saturated rings. The molecule has 1 atom stereocenters. The second-order valence-electron chi connectivity index (χ2n) is 4.07. The van der Waals surface area contributed by atoms with E-state index in [4.69, 9.17) is 17.3 Å². The highest BCUT2D eigenvalue weighted by Crippen LogP contribution is 2.11. The van der Waals surface area contributed by atoms with E-state index in [1.54, 1.807) is 0 Å². The fourth-order valence-corrected chi connectivity index (χ4v) is 1.90. The summed E-state index contributed by atoms with van der Waals surface area (Å²) in [4.78, 5) is 11.8. The number of hydrogen-bond acceptors (Lipinski definition) is 2. The maximum atomic E-state index is 11.8. The highest BCUT2D eigenvalue weighted by molar-refractivity contribution is 6.30. The number of rotatable bonds is 6. The summed E-state index contributed by atoms with van der Waals surface area (Å²) in [5, 5.41) is 3.57. The molecule has 4 heteroatoms. The van der Waals surface area contributed by atoms with Gasteiger partial charge in [0, 0.05) is 18.1 Å². The molecule has 0 radical (unpaired) electrons. The normalized spacial score (nSPS) is 12.2. The van der Waals surface area contributed by atoms with Crippen molar-refractivity contribution in [2.75, 3.05) is 6.54 Å². The summed E-state index contributed by atoms with van der Waals surface area (Å²) in [6.45, 7) is 2.95. The molecule has 0 aliphatic carbocycles. The second-order valence-corrected chi connectivity index (χ2v) is 4.51. The first kappa shape index (κ1) is 14.0. The second kappa shape index (κ2) is 7.30. The Bertz CT molecular complexity index is 368. The number of hydrogen-bond donors (Lipinski definition) is 2. The molecule has 0 aromatic heterocycles. The minimum atomic E-state index is -0.0841. The van der Waals surface area contributed by atoms with Crippen molar-refractivity contribution >= 4 is 17.5 Å². The lowest BCUT2D eigenvalue weighted by molar-refractivity contribution is -0.125. The van der Waals surface area contributed by atoms with Gasteiger partial charge in [-0.15, -0.1) is 0 Å². The molecule has 1 amide bonds. The molecule has 0 saturated carbocycles. The average molecular weight is 255 g/mol. The predicted molar refractivity (Wildman–Crippen MR) is 70.8 cm³/mol. The molecule has 3 N–H and O–H groups in total. The molecule has 1 aromatic rings. The zero-order valence-electron chi connectivity index (χ0n) is 10.1. The largest absolute Gasteiger partial charge is 0.352 e. The highest BCUT2D eigenvalue weighted by Gasteiger charge is 2.14. The van der Waals surface area contributed by atoms with Gasteiger partial charge in [-0.3, -0.25) is 4.79 Å². The Morgan fingerprint density at radius 2 is 2.29 bits per heavy atom. The van der Waals surface area contributed by atoms with E-state index < -0.39 is 0 Å². The maximum absolute atomic E-state index is 11.8. The van der Waals surface area contributed by atoms with Gasteiger partial charge in [-0.25, -0.2) is 0 Å². The van der Waals surface area contributed by atoms with Gasteiger partial charge in [0.05, 0.1) is 5.92 Å². The number of amides is 1. The van der Waals surface area contributed by atoms with Crippen LogP contribution in [-0.2, 0) is 11.3 Å². The van der Waals surface area contributed by atoms with E-state index in [9.17, 15) is 4.79 Å². The van der Waals surface area contributed by atoms with Crippen molar-refractivity contribution in [1.82, 2.24) is 5.32 Å². The van der Waals surface area contributed by atoms with Crippen molar-refractivity contribution in [2.45, 2.75) is 26.3 Å². The van der Waals surface area contributed by atoms with E-state index in [-0.39, 0.29) is 11.8 Å². The predicted octanol–water partition coefficient (Wildman–Crippen LogP) is 2.33. The fraction of sp³-hybridized carbons (Fsp3) is 0.462. The summed E-state index contributed by atoms with van der Waals surface area (Å²) in [5.74, 6) is -0.0616. The van der Waals surface area contributed by atoms with Crippen LogP contribution >= 0.6 is 11.6 Å². The van der Waals surface area contributed by atoms with Crippen molar-refractivity contribution in [1.29, 1.82) is 0 Å². The molecule has 0 aliphatic rings. The van der Waals surface area contributed by atoms with Crippen LogP contribution in [0.5, 0.6) is 0 Å². The highest BCUT2D eigenvalue weighted by atomic mass is 35.5. The Morgan fingerprint density at radius 1 is 1.53 bits per heavy atom. The topological polar surface area (TPSA) is 55.1 Å². The molecule has 3 nitrogen and oxygen atoms in total. The molecular weight excluding hydrogens is 236 g/mol. The maximum Gasteiger partial charge on any atom is 0.224 e. The Hall–Kier alpha value is -1.06. The smallest absolute Gasteiger partial charge is 0.224 e. The molecule has 0 saturated heterocycles. The Morgan fingerprint density at radius 3 is 2.88 bits per heavy atom. The van der Waals surface area contributed by atoms with Crippen LogP contribution in [0.25, 0.3) is 0 Å². The van der Waals surface area contributed by atoms with Gasteiger partial charge in [0.25, 0.3) is 0 Å². The van der Waals surface area contributed by atoms with Crippen molar-refractivity contribution in [3.05, 3.63) is 34.9 Å². The molecule has 94 valence electrons. The van der Waals surface area contributed by atoms with E-state index in [2.05, 4.69) is 5.32 Å². The molecule has 0 bridgehead atoms. The molecular formula is C13H19ClN2O. The van der Waals surface area contributed by atoms with Crippen molar-refractivity contribution < 1.29 is 4.79 Å². The van der Waals surface area contributed by atoms with Gasteiger partial charge in [-0.2, -0.15) is 0 Å². The summed E-state index contributed by atoms with van der Waals surface area (Å²) in [7, 11) is 0. The Kier molecular flexibility index (Phi) is 6.01. The molecule has 0 spiro atoms. The third-order valence-electron chi connectivity index (χ3n) is 2.65. The van der Waals surface area contributed by atoms with Crippen molar-refractivity contribution in [2.24, 2.45) is 11.7 Å². The third-order valence-corrected chi connectivity index (χ3v) is 2.88. The summed E-state index contributed by atoms with van der Waals surface area (Å²) in [6, 6.07) is 7.46. The summed E-state index contributed by atoms with van der Waals surface area (Å²) >= 11 is 5.87. The monoisotopic (exact) mass is 254 g/mol. The van der Waals surface area contributed by atoms with Crippen LogP contribution in [0.15, 0.2) is 24.3 Å². The zero-order valence-corrected chi connectivity index (χ0v) is 10.8. The first-order chi connectivity index (χ1) is 8.17. The van der Waals surface area contributed by atoms with Crippen molar-refractivity contribution in [3.8, 4) is 0 Å². The SMILES string of the molecule is CCCC(CN)C(=O)NCc1cccc(Cl)c1. The van der Waals surface area contributed by atoms with Gasteiger partial charge in [-0.1, -0.05) is 37.1 Å². The lowest BCUT2D eigenvalue weighted by atomic mass is 10.0. The van der Waals surface area contributed by atoms with Crippen LogP contribution in [0.2, 0.25) is 5.02 Å². The van der Waals surface area contributed by atoms with E-state index in [0.717, 1.165) is 18.4 Å². The molecule has 0 heterocycles. The lowest BCUT2D eigenvalue weighted by Gasteiger charge is -2.13. The number of halogens is 1. The van der Waals surface area contributed by atoms with E-state index >= 15 is 0 Å². The first-order valence-electron chi connectivity index (χ1n) is 5.89. The van der Waals surface area contributed by atoms with Crippen LogP contribution in [0.3, 0.4) is 0 Å². The van der Waals surface area contributed by atoms with E-state index in [1.807, 2.05) is 31.2 Å². The van der Waals surface area contributed by atoms with Gasteiger partial charge in [0.2, 0.25) is 5.91 Å². The van der Waals surface area contributed by atoms with Gasteiger partial charge >= 0.3 is 0 Å². The Labute approximate surface area is 107 Å². The standard InChI is InChI=1S/C13H19ClN2O/c1-2-4-11(8-15)13(17)16-9-10-5-3-6-12(14)7-10/h3,5-7,11H,2,4,8-9,15H2,1H3,(H,16,17). The van der Waals surface area contributed by atoms with Crippen LogP contribution < -0.4 is 11.1 Å². The average Bonchev–Trinajstić information content (AvgIpc) is 2.33. The minimum Gasteiger partial charge on any atom is -0.352 e. The lowest BCUT2D eigenvalue weighted by Crippen LogP contribution is -2.34. The Balaban J connectivity index is 2.47. The molecule has 1 aromatic carbocycles. The first-order valence-corrected chi connectivity index (χ1v) is 6.27. The minimum absolute atomic E-state index is 0.0225. The van der Waals surface area contributed by atoms with Gasteiger partial charge in [0.15, 0.2) is 0 Å². The number of carbonyl (C=O) groups is 1. The number of benzene rings is 1. The number of carbonyl (C=O) groups excluding carboxylic acids is 1. The zero-order chi connectivity index (χ0) is 12.7. The van der Waals surface area contributed by atoms with Gasteiger partial charge in [0.1, 0.15) is 0 Å². The number of nitrogens with two attached hydrogens (primary N) is 1. The fourth-order valence-electron chi connectivity index (χ4n) is 1.68. The third kappa shape index (κ3) is 4.75. The van der Waals surface area contributed by atoms with Crippen LogP contribution in [-0.4, -0.2) is 12.5 Å². The molecule has 1 rings (SSSR count). The van der Waals surface area contributed by atoms with Crippen molar-refractivity contribution in [3.63, 3.8) is 0 Å². The van der Waals surface area contributed by atoms with Crippen LogP contribution in [0, 0.1) is 5.92 Å². The van der Waals surface area contributed by atoms with E-state index in [1.165, 1.54) is 0 Å². The molecule has 1 unspecified atom stereocenters. The van der Waals surface area contributed by atoms with Crippen LogP contribution in [0.4, 0.5) is 0 Å². The molecule has 17 heavy (non-hydrogen) atoms.